The van der Waals surface area contributed by atoms with E-state index in [2.05, 4.69) is 26.3 Å². The molecule has 37 heavy (non-hydrogen) atoms. The highest BCUT2D eigenvalue weighted by atomic mass is 16.4. The molecule has 1 aromatic carbocycles. The molecule has 1 fully saturated rings. The number of carboxylic acid groups (broad SMARTS) is 1. The summed E-state index contributed by atoms with van der Waals surface area (Å²) < 4.78 is 0. The van der Waals surface area contributed by atoms with Crippen molar-refractivity contribution in [3.8, 4) is 0 Å². The van der Waals surface area contributed by atoms with Crippen LogP contribution < -0.4 is 32.7 Å². The van der Waals surface area contributed by atoms with Crippen molar-refractivity contribution < 1.29 is 29.4 Å². The van der Waals surface area contributed by atoms with Crippen LogP contribution in [0.25, 0.3) is 0 Å². The summed E-state index contributed by atoms with van der Waals surface area (Å²) in [6.45, 7) is 2.20. The quantitative estimate of drug-likeness (QED) is 0.0769. The molecule has 5 atom stereocenters. The number of guanidine groups is 1. The third kappa shape index (κ3) is 10.1. The summed E-state index contributed by atoms with van der Waals surface area (Å²) in [6.07, 6.45) is 0.585. The van der Waals surface area contributed by atoms with Crippen LogP contribution in [0.3, 0.4) is 0 Å². The Morgan fingerprint density at radius 3 is 2.32 bits per heavy atom. The molecular weight excluding hydrogens is 482 g/mol. The molecule has 0 aliphatic carbocycles. The number of carboxylic acids is 1. The SMILES string of the molecule is CC(O)C(NC(=O)C1CCCN1)C(=O)NC(CCCN=C(N)N)C(=O)NC(Cc1ccccc1)C(=O)O. The number of nitrogens with one attached hydrogen (secondary N) is 4. The molecule has 0 spiro atoms. The zero-order valence-corrected chi connectivity index (χ0v) is 20.9. The van der Waals surface area contributed by atoms with E-state index in [9.17, 15) is 29.4 Å². The zero-order chi connectivity index (χ0) is 27.4. The first-order valence-corrected chi connectivity index (χ1v) is 12.2. The fourth-order valence-electron chi connectivity index (χ4n) is 3.92. The van der Waals surface area contributed by atoms with Gasteiger partial charge < -0.3 is 42.9 Å². The lowest BCUT2D eigenvalue weighted by atomic mass is 10.0. The summed E-state index contributed by atoms with van der Waals surface area (Å²) in [6, 6.07) is 4.60. The number of nitrogens with zero attached hydrogens (tertiary/aromatic N) is 1. The minimum atomic E-state index is -1.32. The third-order valence-corrected chi connectivity index (χ3v) is 5.91. The number of amides is 3. The molecular formula is C24H37N7O6. The fraction of sp³-hybridized carbons (Fsp3) is 0.542. The minimum Gasteiger partial charge on any atom is -0.480 e. The Morgan fingerprint density at radius 2 is 1.76 bits per heavy atom. The lowest BCUT2D eigenvalue weighted by molar-refractivity contribution is -0.142. The van der Waals surface area contributed by atoms with E-state index in [1.807, 2.05) is 0 Å². The van der Waals surface area contributed by atoms with Crippen molar-refractivity contribution in [3.63, 3.8) is 0 Å². The molecule has 2 rings (SSSR count). The summed E-state index contributed by atoms with van der Waals surface area (Å²) in [7, 11) is 0. The average Bonchev–Trinajstić information content (AvgIpc) is 3.39. The van der Waals surface area contributed by atoms with Crippen molar-refractivity contribution >= 4 is 29.7 Å². The molecule has 1 aliphatic heterocycles. The van der Waals surface area contributed by atoms with Gasteiger partial charge in [-0.25, -0.2) is 4.79 Å². The Balaban J connectivity index is 2.13. The van der Waals surface area contributed by atoms with Crippen molar-refractivity contribution in [2.45, 2.75) is 69.3 Å². The first kappa shape index (κ1) is 29.5. The molecule has 0 saturated carbocycles. The Kier molecular flexibility index (Phi) is 11.8. The van der Waals surface area contributed by atoms with Gasteiger partial charge in [0.05, 0.1) is 12.1 Å². The van der Waals surface area contributed by atoms with Crippen LogP contribution in [0.5, 0.6) is 0 Å². The number of hydrogen-bond donors (Lipinski definition) is 8. The Bertz CT molecular complexity index is 946. The van der Waals surface area contributed by atoms with Crippen LogP contribution in [0.4, 0.5) is 0 Å². The van der Waals surface area contributed by atoms with Gasteiger partial charge in [0, 0.05) is 13.0 Å². The Hall–Kier alpha value is -3.71. The summed E-state index contributed by atoms with van der Waals surface area (Å²) in [5, 5.41) is 30.4. The fourth-order valence-corrected chi connectivity index (χ4v) is 3.92. The number of aliphatic carboxylic acids is 1. The van der Waals surface area contributed by atoms with Crippen molar-refractivity contribution in [1.29, 1.82) is 0 Å². The molecule has 0 bridgehead atoms. The van der Waals surface area contributed by atoms with E-state index in [0.717, 1.165) is 6.42 Å². The monoisotopic (exact) mass is 519 g/mol. The van der Waals surface area contributed by atoms with E-state index in [1.165, 1.54) is 6.92 Å². The number of rotatable bonds is 14. The van der Waals surface area contributed by atoms with E-state index in [1.54, 1.807) is 30.3 Å². The highest BCUT2D eigenvalue weighted by Gasteiger charge is 2.33. The number of nitrogens with two attached hydrogens (primary N) is 2. The number of carbonyl (C=O) groups is 4. The number of carbonyl (C=O) groups excluding carboxylic acids is 3. The summed E-state index contributed by atoms with van der Waals surface area (Å²) >= 11 is 0. The molecule has 1 aliphatic rings. The standard InChI is InChI=1S/C24H37N7O6/c1-14(32)19(31-20(33)16-9-5-11-27-16)22(35)29-17(10-6-12-28-24(25)26)21(34)30-18(23(36)37)13-15-7-3-2-4-8-15/h2-4,7-8,14,16-19,27,32H,5-6,9-13H2,1H3,(H,29,35)(H,30,34)(H,31,33)(H,36,37)(H4,25,26,28). The van der Waals surface area contributed by atoms with E-state index < -0.39 is 54.0 Å². The van der Waals surface area contributed by atoms with Crippen LogP contribution in [0.2, 0.25) is 0 Å². The van der Waals surface area contributed by atoms with Gasteiger partial charge in [-0.15, -0.1) is 0 Å². The van der Waals surface area contributed by atoms with Crippen LogP contribution >= 0.6 is 0 Å². The minimum absolute atomic E-state index is 0.0390. The molecule has 0 radical (unpaired) electrons. The second-order valence-electron chi connectivity index (χ2n) is 8.97. The number of aliphatic hydroxyl groups excluding tert-OH is 1. The van der Waals surface area contributed by atoms with Crippen molar-refractivity contribution in [2.24, 2.45) is 16.5 Å². The second-order valence-corrected chi connectivity index (χ2v) is 8.97. The van der Waals surface area contributed by atoms with Gasteiger partial charge in [0.25, 0.3) is 0 Å². The number of benzene rings is 1. The molecule has 3 amide bonds. The first-order chi connectivity index (χ1) is 17.6. The lowest BCUT2D eigenvalue weighted by Gasteiger charge is -2.26. The van der Waals surface area contributed by atoms with Gasteiger partial charge in [-0.2, -0.15) is 0 Å². The van der Waals surface area contributed by atoms with Crippen molar-refractivity contribution in [2.75, 3.05) is 13.1 Å². The molecule has 1 heterocycles. The maximum Gasteiger partial charge on any atom is 0.326 e. The van der Waals surface area contributed by atoms with E-state index in [-0.39, 0.29) is 25.3 Å². The van der Waals surface area contributed by atoms with Gasteiger partial charge in [-0.3, -0.25) is 19.4 Å². The molecule has 10 N–H and O–H groups in total. The van der Waals surface area contributed by atoms with Gasteiger partial charge in [0.2, 0.25) is 17.7 Å². The number of aliphatic hydroxyl groups is 1. The van der Waals surface area contributed by atoms with Gasteiger partial charge in [-0.1, -0.05) is 30.3 Å². The van der Waals surface area contributed by atoms with Crippen LogP contribution in [0, 0.1) is 0 Å². The predicted molar refractivity (Wildman–Crippen MR) is 136 cm³/mol. The maximum absolute atomic E-state index is 13.1. The van der Waals surface area contributed by atoms with E-state index >= 15 is 0 Å². The van der Waals surface area contributed by atoms with Crippen LogP contribution in [0.15, 0.2) is 35.3 Å². The average molecular weight is 520 g/mol. The van der Waals surface area contributed by atoms with Gasteiger partial charge in [0.15, 0.2) is 5.96 Å². The Labute approximate surface area is 215 Å². The third-order valence-electron chi connectivity index (χ3n) is 5.91. The van der Waals surface area contributed by atoms with Gasteiger partial charge in [-0.05, 0) is 44.7 Å². The van der Waals surface area contributed by atoms with Crippen molar-refractivity contribution in [1.82, 2.24) is 21.3 Å². The zero-order valence-electron chi connectivity index (χ0n) is 20.9. The smallest absolute Gasteiger partial charge is 0.326 e. The normalized spacial score (nSPS) is 18.1. The largest absolute Gasteiger partial charge is 0.480 e. The van der Waals surface area contributed by atoms with Gasteiger partial charge in [0.1, 0.15) is 18.1 Å². The molecule has 5 unspecified atom stereocenters. The molecule has 0 aromatic heterocycles. The number of aliphatic imine (C=N–C) groups is 1. The maximum atomic E-state index is 13.1. The topological polar surface area (TPSA) is 221 Å². The molecule has 1 saturated heterocycles. The van der Waals surface area contributed by atoms with E-state index in [4.69, 9.17) is 11.5 Å². The number of hydrogen-bond acceptors (Lipinski definition) is 7. The summed E-state index contributed by atoms with van der Waals surface area (Å²) in [5.74, 6) is -3.30. The Morgan fingerprint density at radius 1 is 1.08 bits per heavy atom. The second kappa shape index (κ2) is 14.8. The molecule has 1 aromatic rings. The highest BCUT2D eigenvalue weighted by molar-refractivity contribution is 5.94. The first-order valence-electron chi connectivity index (χ1n) is 12.2. The van der Waals surface area contributed by atoms with Crippen molar-refractivity contribution in [3.05, 3.63) is 35.9 Å². The van der Waals surface area contributed by atoms with E-state index in [0.29, 0.717) is 24.9 Å². The highest BCUT2D eigenvalue weighted by Crippen LogP contribution is 2.08. The van der Waals surface area contributed by atoms with Crippen LogP contribution in [-0.4, -0.2) is 83.2 Å². The van der Waals surface area contributed by atoms with Gasteiger partial charge >= 0.3 is 5.97 Å². The molecule has 13 nitrogen and oxygen atoms in total. The van der Waals surface area contributed by atoms with Crippen LogP contribution in [-0.2, 0) is 25.6 Å². The molecule has 204 valence electrons. The predicted octanol–water partition coefficient (Wildman–Crippen LogP) is -2.05. The summed E-state index contributed by atoms with van der Waals surface area (Å²) in [4.78, 5) is 54.3. The molecule has 13 heteroatoms. The summed E-state index contributed by atoms with van der Waals surface area (Å²) in [5.41, 5.74) is 11.4. The lowest BCUT2D eigenvalue weighted by Crippen LogP contribution is -2.59. The van der Waals surface area contributed by atoms with Crippen LogP contribution in [0.1, 0.15) is 38.2 Å².